The number of benzene rings is 1. The summed E-state index contributed by atoms with van der Waals surface area (Å²) in [6.07, 6.45) is 3.81. The van der Waals surface area contributed by atoms with Crippen molar-refractivity contribution in [2.24, 2.45) is 0 Å². The van der Waals surface area contributed by atoms with Crippen LogP contribution in [0.15, 0.2) is 40.6 Å². The number of carbonyl (C=O) groups excluding carboxylic acids is 1. The van der Waals surface area contributed by atoms with Gasteiger partial charge in [-0.3, -0.25) is 4.79 Å². The Morgan fingerprint density at radius 3 is 2.50 bits per heavy atom. The molecule has 28 heavy (non-hydrogen) atoms. The monoisotopic (exact) mass is 422 g/mol. The van der Waals surface area contributed by atoms with Crippen LogP contribution >= 0.6 is 11.3 Å². The lowest BCUT2D eigenvalue weighted by atomic mass is 10.1. The van der Waals surface area contributed by atoms with Crippen molar-refractivity contribution in [1.82, 2.24) is 9.62 Å². The van der Waals surface area contributed by atoms with Crippen molar-refractivity contribution < 1.29 is 17.9 Å². The first-order chi connectivity index (χ1) is 13.4. The summed E-state index contributed by atoms with van der Waals surface area (Å²) in [7, 11) is -2.17. The van der Waals surface area contributed by atoms with Crippen LogP contribution in [0.5, 0.6) is 5.75 Å². The third-order valence-corrected chi connectivity index (χ3v) is 7.89. The van der Waals surface area contributed by atoms with Gasteiger partial charge in [0.05, 0.1) is 23.6 Å². The van der Waals surface area contributed by atoms with E-state index in [9.17, 15) is 13.2 Å². The van der Waals surface area contributed by atoms with Crippen molar-refractivity contribution in [3.63, 3.8) is 0 Å². The van der Waals surface area contributed by atoms with Gasteiger partial charge in [-0.25, -0.2) is 8.42 Å². The third-order valence-electron chi connectivity index (χ3n) is 4.94. The number of thiophene rings is 1. The van der Waals surface area contributed by atoms with E-state index in [4.69, 9.17) is 4.74 Å². The summed E-state index contributed by atoms with van der Waals surface area (Å²) in [5, 5.41) is 4.88. The first-order valence-electron chi connectivity index (χ1n) is 9.46. The fraction of sp³-hybridized carbons (Fsp3) is 0.450. The number of ether oxygens (including phenoxy) is 1. The van der Waals surface area contributed by atoms with Gasteiger partial charge in [-0.15, -0.1) is 11.3 Å². The molecule has 0 radical (unpaired) electrons. The van der Waals surface area contributed by atoms with Gasteiger partial charge >= 0.3 is 0 Å². The Hall–Kier alpha value is -1.90. The van der Waals surface area contributed by atoms with E-state index >= 15 is 0 Å². The van der Waals surface area contributed by atoms with Gasteiger partial charge in [-0.1, -0.05) is 18.9 Å². The predicted molar refractivity (Wildman–Crippen MR) is 110 cm³/mol. The average Bonchev–Trinajstić information content (AvgIpc) is 3.09. The molecule has 3 rings (SSSR count). The zero-order chi connectivity index (χ0) is 20.1. The van der Waals surface area contributed by atoms with Crippen LogP contribution in [0.2, 0.25) is 0 Å². The van der Waals surface area contributed by atoms with E-state index in [1.165, 1.54) is 23.5 Å². The van der Waals surface area contributed by atoms with Crippen molar-refractivity contribution in [2.45, 2.75) is 43.5 Å². The lowest BCUT2D eigenvalue weighted by Crippen LogP contribution is -2.32. The third kappa shape index (κ3) is 4.56. The number of rotatable bonds is 6. The molecule has 0 saturated carbocycles. The molecule has 1 N–H and O–H groups in total. The van der Waals surface area contributed by atoms with E-state index in [1.54, 1.807) is 17.4 Å². The topological polar surface area (TPSA) is 75.7 Å². The van der Waals surface area contributed by atoms with Gasteiger partial charge < -0.3 is 10.1 Å². The molecule has 1 amide bonds. The van der Waals surface area contributed by atoms with Crippen LogP contribution in [-0.2, 0) is 10.0 Å². The quantitative estimate of drug-likeness (QED) is 0.768. The maximum Gasteiger partial charge on any atom is 0.255 e. The second kappa shape index (κ2) is 9.07. The average molecular weight is 423 g/mol. The summed E-state index contributed by atoms with van der Waals surface area (Å²) in [4.78, 5) is 14.0. The van der Waals surface area contributed by atoms with Gasteiger partial charge in [-0.05, 0) is 49.4 Å². The maximum absolute atomic E-state index is 13.1. The summed E-state index contributed by atoms with van der Waals surface area (Å²) in [5.74, 6) is -0.00337. The number of hydrogen-bond donors (Lipinski definition) is 1. The number of nitrogens with one attached hydrogen (secondary N) is 1. The second-order valence-electron chi connectivity index (χ2n) is 6.89. The molecule has 1 saturated heterocycles. The molecule has 1 fully saturated rings. The van der Waals surface area contributed by atoms with Crippen LogP contribution in [0.3, 0.4) is 0 Å². The van der Waals surface area contributed by atoms with Crippen molar-refractivity contribution in [1.29, 1.82) is 0 Å². The summed E-state index contributed by atoms with van der Waals surface area (Å²) >= 11 is 1.56. The first-order valence-corrected chi connectivity index (χ1v) is 11.8. The van der Waals surface area contributed by atoms with Crippen LogP contribution in [-0.4, -0.2) is 38.8 Å². The summed E-state index contributed by atoms with van der Waals surface area (Å²) in [6, 6.07) is 8.19. The van der Waals surface area contributed by atoms with Gasteiger partial charge in [0.25, 0.3) is 5.91 Å². The Balaban J connectivity index is 1.88. The number of nitrogens with zero attached hydrogens (tertiary/aromatic N) is 1. The molecule has 6 nitrogen and oxygen atoms in total. The molecule has 152 valence electrons. The Morgan fingerprint density at radius 1 is 1.18 bits per heavy atom. The highest BCUT2D eigenvalue weighted by molar-refractivity contribution is 7.89. The molecule has 0 spiro atoms. The van der Waals surface area contributed by atoms with Crippen molar-refractivity contribution in [3.05, 3.63) is 46.2 Å². The number of carbonyl (C=O) groups is 1. The van der Waals surface area contributed by atoms with Gasteiger partial charge in [0, 0.05) is 18.0 Å². The van der Waals surface area contributed by atoms with Crippen molar-refractivity contribution in [3.8, 4) is 5.75 Å². The van der Waals surface area contributed by atoms with Gasteiger partial charge in [0.15, 0.2) is 0 Å². The minimum Gasteiger partial charge on any atom is -0.496 e. The van der Waals surface area contributed by atoms with E-state index in [-0.39, 0.29) is 22.4 Å². The number of hydrogen-bond acceptors (Lipinski definition) is 5. The van der Waals surface area contributed by atoms with Gasteiger partial charge in [0.2, 0.25) is 10.0 Å². The van der Waals surface area contributed by atoms with Crippen LogP contribution in [0.25, 0.3) is 0 Å². The highest BCUT2D eigenvalue weighted by Gasteiger charge is 2.27. The molecule has 2 heterocycles. The molecule has 1 atom stereocenters. The van der Waals surface area contributed by atoms with Crippen molar-refractivity contribution in [2.75, 3.05) is 20.2 Å². The van der Waals surface area contributed by atoms with E-state index in [2.05, 4.69) is 5.32 Å². The Labute approximate surface area is 170 Å². The number of sulfonamides is 1. The fourth-order valence-electron chi connectivity index (χ4n) is 3.34. The molecule has 1 aliphatic rings. The zero-order valence-electron chi connectivity index (χ0n) is 16.2. The molecule has 1 unspecified atom stereocenters. The lowest BCUT2D eigenvalue weighted by molar-refractivity contribution is 0.0937. The molecular formula is C20H26N2O4S2. The van der Waals surface area contributed by atoms with Crippen LogP contribution in [0, 0.1) is 0 Å². The van der Waals surface area contributed by atoms with Crippen LogP contribution < -0.4 is 10.1 Å². The van der Waals surface area contributed by atoms with Crippen LogP contribution in [0.1, 0.15) is 53.9 Å². The normalized spacial score (nSPS) is 16.9. The molecule has 1 aromatic heterocycles. The smallest absolute Gasteiger partial charge is 0.255 e. The molecule has 8 heteroatoms. The molecular weight excluding hydrogens is 396 g/mol. The largest absolute Gasteiger partial charge is 0.496 e. The highest BCUT2D eigenvalue weighted by Crippen LogP contribution is 2.27. The zero-order valence-corrected chi connectivity index (χ0v) is 17.8. The van der Waals surface area contributed by atoms with E-state index in [0.29, 0.717) is 18.8 Å². The van der Waals surface area contributed by atoms with Crippen molar-refractivity contribution >= 4 is 27.3 Å². The summed E-state index contributed by atoms with van der Waals surface area (Å²) in [6.45, 7) is 2.94. The molecule has 1 aromatic carbocycles. The van der Waals surface area contributed by atoms with E-state index in [0.717, 1.165) is 30.6 Å². The Morgan fingerprint density at radius 2 is 1.89 bits per heavy atom. The Kier molecular flexibility index (Phi) is 6.74. The highest BCUT2D eigenvalue weighted by atomic mass is 32.2. The standard InChI is InChI=1S/C20H26N2O4S2/c1-15(19-8-7-13-27-19)21-20(23)17-14-16(9-10-18(17)26-2)28(24,25)22-11-5-3-4-6-12-22/h7-10,13-15H,3-6,11-12H2,1-2H3,(H,21,23). The predicted octanol–water partition coefficient (Wildman–Crippen LogP) is 3.81. The fourth-order valence-corrected chi connectivity index (χ4v) is 5.62. The molecule has 1 aliphatic heterocycles. The molecule has 0 aliphatic carbocycles. The molecule has 0 bridgehead atoms. The first kappa shape index (κ1) is 20.8. The Bertz CT molecular complexity index is 902. The number of methoxy groups -OCH3 is 1. The lowest BCUT2D eigenvalue weighted by Gasteiger charge is -2.21. The van der Waals surface area contributed by atoms with E-state index < -0.39 is 10.0 Å². The minimum atomic E-state index is -3.64. The van der Waals surface area contributed by atoms with E-state index in [1.807, 2.05) is 24.4 Å². The van der Waals surface area contributed by atoms with Crippen LogP contribution in [0.4, 0.5) is 0 Å². The van der Waals surface area contributed by atoms with Gasteiger partial charge in [-0.2, -0.15) is 4.31 Å². The SMILES string of the molecule is COc1ccc(S(=O)(=O)N2CCCCCC2)cc1C(=O)NC(C)c1cccs1. The van der Waals surface area contributed by atoms with Gasteiger partial charge in [0.1, 0.15) is 5.75 Å². The molecule has 2 aromatic rings. The second-order valence-corrected chi connectivity index (χ2v) is 9.81. The number of amides is 1. The summed E-state index contributed by atoms with van der Waals surface area (Å²) < 4.78 is 33.0. The minimum absolute atomic E-state index is 0.129. The maximum atomic E-state index is 13.1. The summed E-state index contributed by atoms with van der Waals surface area (Å²) in [5.41, 5.74) is 0.224.